The normalized spacial score (nSPS) is 12.3. The van der Waals surface area contributed by atoms with Crippen LogP contribution in [0, 0.1) is 5.82 Å². The van der Waals surface area contributed by atoms with Crippen LogP contribution < -0.4 is 10.6 Å². The quantitative estimate of drug-likeness (QED) is 0.731. The third-order valence-corrected chi connectivity index (χ3v) is 4.92. The molecule has 0 unspecified atom stereocenters. The van der Waals surface area contributed by atoms with Crippen LogP contribution >= 0.6 is 11.6 Å². The van der Waals surface area contributed by atoms with Gasteiger partial charge in [0.2, 0.25) is 5.91 Å². The lowest BCUT2D eigenvalue weighted by Gasteiger charge is -2.18. The fraction of sp³-hybridized carbons (Fsp3) is 0.222. The van der Waals surface area contributed by atoms with Gasteiger partial charge in [0.05, 0.1) is 16.3 Å². The molecule has 0 fully saturated rings. The summed E-state index contributed by atoms with van der Waals surface area (Å²) in [4.78, 5) is 24.9. The third-order valence-electron chi connectivity index (χ3n) is 3.61. The summed E-state index contributed by atoms with van der Waals surface area (Å²) in [6.45, 7) is 0. The molecule has 0 aliphatic rings. The second-order valence-electron chi connectivity index (χ2n) is 5.92. The molecule has 2 amide bonds. The summed E-state index contributed by atoms with van der Waals surface area (Å²) >= 11 is 5.98. The highest BCUT2D eigenvalue weighted by Crippen LogP contribution is 2.16. The zero-order valence-corrected chi connectivity index (χ0v) is 16.0. The number of benzene rings is 2. The maximum absolute atomic E-state index is 13.3. The van der Waals surface area contributed by atoms with Crippen LogP contribution in [0.5, 0.6) is 0 Å². The number of carbonyl (C=O) groups is 2. The van der Waals surface area contributed by atoms with Crippen LogP contribution in [-0.4, -0.2) is 38.3 Å². The van der Waals surface area contributed by atoms with Crippen molar-refractivity contribution in [3.63, 3.8) is 0 Å². The van der Waals surface area contributed by atoms with Crippen molar-refractivity contribution in [2.75, 3.05) is 17.3 Å². The van der Waals surface area contributed by atoms with Gasteiger partial charge in [0.25, 0.3) is 5.91 Å². The molecule has 1 atom stereocenters. The molecule has 2 rings (SSSR count). The lowest BCUT2D eigenvalue weighted by atomic mass is 10.1. The van der Waals surface area contributed by atoms with Crippen molar-refractivity contribution in [1.29, 1.82) is 0 Å². The molecule has 0 aliphatic carbocycles. The minimum absolute atomic E-state index is 0.143. The van der Waals surface area contributed by atoms with Crippen molar-refractivity contribution in [2.24, 2.45) is 0 Å². The van der Waals surface area contributed by atoms with Crippen LogP contribution in [-0.2, 0) is 14.6 Å². The predicted octanol–water partition coefficient (Wildman–Crippen LogP) is 2.65. The first-order valence-electron chi connectivity index (χ1n) is 7.95. The zero-order valence-electron chi connectivity index (χ0n) is 14.4. The lowest BCUT2D eigenvalue weighted by Crippen LogP contribution is -2.44. The van der Waals surface area contributed by atoms with Crippen LogP contribution in [0.3, 0.4) is 0 Å². The van der Waals surface area contributed by atoms with Gasteiger partial charge in [-0.3, -0.25) is 9.59 Å². The number of rotatable bonds is 7. The number of halogens is 2. The highest BCUT2D eigenvalue weighted by molar-refractivity contribution is 7.90. The van der Waals surface area contributed by atoms with Crippen molar-refractivity contribution in [1.82, 2.24) is 5.32 Å². The summed E-state index contributed by atoms with van der Waals surface area (Å²) < 4.78 is 36.2. The zero-order chi connectivity index (χ0) is 20.0. The smallest absolute Gasteiger partial charge is 0.253 e. The Hall–Kier alpha value is -2.45. The highest BCUT2D eigenvalue weighted by Gasteiger charge is 2.24. The van der Waals surface area contributed by atoms with Gasteiger partial charge in [-0.25, -0.2) is 12.8 Å². The minimum Gasteiger partial charge on any atom is -0.340 e. The molecule has 9 heteroatoms. The van der Waals surface area contributed by atoms with E-state index in [1.165, 1.54) is 30.3 Å². The summed E-state index contributed by atoms with van der Waals surface area (Å²) in [6, 6.07) is 10.3. The molecule has 2 aromatic rings. The molecule has 0 radical (unpaired) electrons. The van der Waals surface area contributed by atoms with Crippen molar-refractivity contribution >= 4 is 38.9 Å². The largest absolute Gasteiger partial charge is 0.340 e. The molecule has 27 heavy (non-hydrogen) atoms. The number of amides is 2. The molecule has 0 bridgehead atoms. The number of sulfone groups is 1. The minimum atomic E-state index is -3.36. The van der Waals surface area contributed by atoms with Crippen LogP contribution in [0.25, 0.3) is 0 Å². The Labute approximate surface area is 161 Å². The first kappa shape index (κ1) is 20.9. The van der Waals surface area contributed by atoms with E-state index in [-0.39, 0.29) is 28.4 Å². The first-order chi connectivity index (χ1) is 12.7. The van der Waals surface area contributed by atoms with E-state index < -0.39 is 33.5 Å². The predicted molar refractivity (Wildman–Crippen MR) is 102 cm³/mol. The summed E-state index contributed by atoms with van der Waals surface area (Å²) in [6.07, 6.45) is 0.889. The van der Waals surface area contributed by atoms with Gasteiger partial charge >= 0.3 is 0 Å². The van der Waals surface area contributed by atoms with Crippen molar-refractivity contribution in [2.45, 2.75) is 12.5 Å². The third kappa shape index (κ3) is 6.65. The molecule has 2 aromatic carbocycles. The summed E-state index contributed by atoms with van der Waals surface area (Å²) in [7, 11) is -3.36. The number of nitrogens with one attached hydrogen (secondary N) is 2. The van der Waals surface area contributed by atoms with Crippen LogP contribution in [0.4, 0.5) is 10.1 Å². The van der Waals surface area contributed by atoms with Gasteiger partial charge in [0.1, 0.15) is 21.7 Å². The van der Waals surface area contributed by atoms with Gasteiger partial charge in [-0.05, 0) is 36.8 Å². The highest BCUT2D eigenvalue weighted by atomic mass is 35.5. The van der Waals surface area contributed by atoms with Gasteiger partial charge in [-0.2, -0.15) is 0 Å². The monoisotopic (exact) mass is 412 g/mol. The second kappa shape index (κ2) is 8.96. The summed E-state index contributed by atoms with van der Waals surface area (Å²) in [5.41, 5.74) is 0.346. The Bertz CT molecular complexity index is 950. The number of hydrogen-bond acceptors (Lipinski definition) is 4. The molecule has 0 saturated carbocycles. The fourth-order valence-electron chi connectivity index (χ4n) is 2.28. The number of anilines is 1. The standard InChI is InChI=1S/C18H18ClFN2O4S/c1-27(25,26)10-9-16(18(24)21-13-6-4-5-12(20)11-13)22-17(23)14-7-2-3-8-15(14)19/h2-8,11,16H,9-10H2,1H3,(H,21,24)(H,22,23)/t16-/m1/s1. The molecule has 0 aliphatic heterocycles. The summed E-state index contributed by atoms with van der Waals surface area (Å²) in [5, 5.41) is 5.15. The SMILES string of the molecule is CS(=O)(=O)CC[C@@H](NC(=O)c1ccccc1Cl)C(=O)Nc1cccc(F)c1. The van der Waals surface area contributed by atoms with Crippen LogP contribution in [0.15, 0.2) is 48.5 Å². The molecule has 6 nitrogen and oxygen atoms in total. The number of carbonyl (C=O) groups excluding carboxylic acids is 2. The maximum Gasteiger partial charge on any atom is 0.253 e. The molecule has 2 N–H and O–H groups in total. The van der Waals surface area contributed by atoms with E-state index in [0.29, 0.717) is 0 Å². The van der Waals surface area contributed by atoms with E-state index in [2.05, 4.69) is 10.6 Å². The van der Waals surface area contributed by atoms with Crippen molar-refractivity contribution < 1.29 is 22.4 Å². The fourth-order valence-corrected chi connectivity index (χ4v) is 3.16. The van der Waals surface area contributed by atoms with Crippen molar-refractivity contribution in [3.8, 4) is 0 Å². The molecule has 0 heterocycles. The Morgan fingerprint density at radius 2 is 1.85 bits per heavy atom. The molecule has 0 aromatic heterocycles. The number of hydrogen-bond donors (Lipinski definition) is 2. The average molecular weight is 413 g/mol. The molecule has 144 valence electrons. The molecule has 0 spiro atoms. The Kier molecular flexibility index (Phi) is 6.92. The Balaban J connectivity index is 2.18. The van der Waals surface area contributed by atoms with Gasteiger partial charge in [0, 0.05) is 11.9 Å². The Morgan fingerprint density at radius 3 is 2.48 bits per heavy atom. The first-order valence-corrected chi connectivity index (χ1v) is 10.4. The molecule has 0 saturated heterocycles. The average Bonchev–Trinajstić information content (AvgIpc) is 2.58. The molecular weight excluding hydrogens is 395 g/mol. The van der Waals surface area contributed by atoms with Gasteiger partial charge in [-0.15, -0.1) is 0 Å². The Morgan fingerprint density at radius 1 is 1.15 bits per heavy atom. The van der Waals surface area contributed by atoms with Crippen molar-refractivity contribution in [3.05, 3.63) is 64.9 Å². The van der Waals surface area contributed by atoms with E-state index >= 15 is 0 Å². The lowest BCUT2D eigenvalue weighted by molar-refractivity contribution is -0.118. The van der Waals surface area contributed by atoms with Gasteiger partial charge < -0.3 is 10.6 Å². The van der Waals surface area contributed by atoms with Crippen LogP contribution in [0.2, 0.25) is 5.02 Å². The van der Waals surface area contributed by atoms with E-state index in [9.17, 15) is 22.4 Å². The molecular formula is C18H18ClFN2O4S. The van der Waals surface area contributed by atoms with E-state index in [0.717, 1.165) is 12.3 Å². The van der Waals surface area contributed by atoms with E-state index in [1.54, 1.807) is 12.1 Å². The van der Waals surface area contributed by atoms with Gasteiger partial charge in [0.15, 0.2) is 0 Å². The maximum atomic E-state index is 13.3. The van der Waals surface area contributed by atoms with Gasteiger partial charge in [-0.1, -0.05) is 29.8 Å². The van der Waals surface area contributed by atoms with E-state index in [4.69, 9.17) is 11.6 Å². The second-order valence-corrected chi connectivity index (χ2v) is 8.59. The van der Waals surface area contributed by atoms with Crippen LogP contribution in [0.1, 0.15) is 16.8 Å². The summed E-state index contributed by atoms with van der Waals surface area (Å²) in [5.74, 6) is -2.13. The van der Waals surface area contributed by atoms with E-state index in [1.807, 2.05) is 0 Å². The topological polar surface area (TPSA) is 92.3 Å².